The second-order valence-electron chi connectivity index (χ2n) is 12.5. The van der Waals surface area contributed by atoms with Crippen molar-refractivity contribution in [2.75, 3.05) is 17.2 Å². The molecule has 4 bridgehead atoms. The fourth-order valence-corrected chi connectivity index (χ4v) is 7.86. The van der Waals surface area contributed by atoms with E-state index in [0.717, 1.165) is 86.4 Å². The van der Waals surface area contributed by atoms with Crippen LogP contribution in [0.2, 0.25) is 0 Å². The lowest BCUT2D eigenvalue weighted by molar-refractivity contribution is -0.0206. The smallest absolute Gasteiger partial charge is 0.224 e. The average molecular weight is 505 g/mol. The third-order valence-corrected chi connectivity index (χ3v) is 9.45. The molecule has 2 aromatic heterocycles. The standard InChI is InChI=1S/C30H44N6O/c1-2-3-10-31-29-33-19-26(28(36-29)35-24-5-7-25(37)8-6-24)27-9-4-20(17-32-27)18-34-30-14-21-11-22(15-30)13-23(12-21)16-30/h4,9,17,19,21-25,34,37H,2-3,5-8,10-16,18H2,1H3,(H2,31,33,35,36). The Morgan fingerprint density at radius 2 is 1.68 bits per heavy atom. The van der Waals surface area contributed by atoms with Gasteiger partial charge in [-0.1, -0.05) is 19.4 Å². The normalized spacial score (nSPS) is 32.4. The predicted molar refractivity (Wildman–Crippen MR) is 148 cm³/mol. The van der Waals surface area contributed by atoms with Gasteiger partial charge in [-0.2, -0.15) is 4.98 Å². The highest BCUT2D eigenvalue weighted by Crippen LogP contribution is 2.55. The summed E-state index contributed by atoms with van der Waals surface area (Å²) in [6.45, 7) is 3.95. The zero-order valence-corrected chi connectivity index (χ0v) is 22.4. The first-order chi connectivity index (χ1) is 18.1. The van der Waals surface area contributed by atoms with E-state index in [1.807, 2.05) is 12.4 Å². The van der Waals surface area contributed by atoms with Crippen molar-refractivity contribution in [1.29, 1.82) is 0 Å². The number of aliphatic hydroxyl groups is 1. The molecule has 0 radical (unpaired) electrons. The van der Waals surface area contributed by atoms with Crippen molar-refractivity contribution >= 4 is 11.8 Å². The van der Waals surface area contributed by atoms with Gasteiger partial charge in [-0.25, -0.2) is 4.98 Å². The number of aromatic nitrogens is 3. The van der Waals surface area contributed by atoms with Crippen LogP contribution in [-0.4, -0.2) is 44.3 Å². The third-order valence-electron chi connectivity index (χ3n) is 9.45. The molecule has 5 saturated carbocycles. The summed E-state index contributed by atoms with van der Waals surface area (Å²) in [5, 5.41) is 20.9. The van der Waals surface area contributed by atoms with Crippen molar-refractivity contribution in [3.63, 3.8) is 0 Å². The summed E-state index contributed by atoms with van der Waals surface area (Å²) in [5.74, 6) is 4.36. The Morgan fingerprint density at radius 3 is 2.32 bits per heavy atom. The minimum absolute atomic E-state index is 0.171. The van der Waals surface area contributed by atoms with E-state index in [4.69, 9.17) is 9.97 Å². The van der Waals surface area contributed by atoms with E-state index in [-0.39, 0.29) is 6.10 Å². The summed E-state index contributed by atoms with van der Waals surface area (Å²) in [5.41, 5.74) is 3.45. The Kier molecular flexibility index (Phi) is 7.35. The highest BCUT2D eigenvalue weighted by Gasteiger charge is 2.50. The molecule has 5 fully saturated rings. The Morgan fingerprint density at radius 1 is 0.946 bits per heavy atom. The van der Waals surface area contributed by atoms with E-state index in [1.54, 1.807) is 0 Å². The van der Waals surface area contributed by atoms with Crippen LogP contribution in [0.5, 0.6) is 0 Å². The highest BCUT2D eigenvalue weighted by molar-refractivity contribution is 5.73. The van der Waals surface area contributed by atoms with Gasteiger partial charge in [-0.05, 0) is 100 Å². The van der Waals surface area contributed by atoms with Gasteiger partial charge >= 0.3 is 0 Å². The summed E-state index contributed by atoms with van der Waals surface area (Å²) in [7, 11) is 0. The largest absolute Gasteiger partial charge is 0.393 e. The van der Waals surface area contributed by atoms with Gasteiger partial charge in [0.1, 0.15) is 5.82 Å². The lowest BCUT2D eigenvalue weighted by Crippen LogP contribution is -2.58. The van der Waals surface area contributed by atoms with Gasteiger partial charge in [0.25, 0.3) is 0 Å². The monoisotopic (exact) mass is 504 g/mol. The molecule has 4 N–H and O–H groups in total. The Labute approximate surface area is 221 Å². The molecular weight excluding hydrogens is 460 g/mol. The van der Waals surface area contributed by atoms with Crippen molar-refractivity contribution < 1.29 is 5.11 Å². The SMILES string of the molecule is CCCCNc1ncc(-c2ccc(CNC34CC5CC(CC(C5)C3)C4)cn2)c(NC2CCC(O)CC2)n1. The number of nitrogens with one attached hydrogen (secondary N) is 3. The van der Waals surface area contributed by atoms with Gasteiger partial charge in [0.05, 0.1) is 17.4 Å². The van der Waals surface area contributed by atoms with Crippen molar-refractivity contribution in [1.82, 2.24) is 20.3 Å². The maximum atomic E-state index is 9.93. The molecule has 7 nitrogen and oxygen atoms in total. The van der Waals surface area contributed by atoms with E-state index in [1.165, 1.54) is 44.1 Å². The zero-order valence-electron chi connectivity index (χ0n) is 22.4. The predicted octanol–water partition coefficient (Wildman–Crippen LogP) is 5.52. The molecule has 5 aliphatic carbocycles. The number of pyridine rings is 1. The van der Waals surface area contributed by atoms with Gasteiger partial charge in [0.15, 0.2) is 0 Å². The summed E-state index contributed by atoms with van der Waals surface area (Å²) in [6.07, 6.45) is 18.1. The molecule has 0 aliphatic heterocycles. The third kappa shape index (κ3) is 5.78. The van der Waals surface area contributed by atoms with Crippen LogP contribution in [0.4, 0.5) is 11.8 Å². The summed E-state index contributed by atoms with van der Waals surface area (Å²) >= 11 is 0. The lowest BCUT2D eigenvalue weighted by Gasteiger charge is -2.57. The zero-order chi connectivity index (χ0) is 25.2. The van der Waals surface area contributed by atoms with Crippen LogP contribution in [0.15, 0.2) is 24.5 Å². The van der Waals surface area contributed by atoms with E-state index < -0.39 is 0 Å². The molecule has 2 heterocycles. The summed E-state index contributed by atoms with van der Waals surface area (Å²) in [4.78, 5) is 14.3. The van der Waals surface area contributed by atoms with E-state index in [0.29, 0.717) is 17.5 Å². The van der Waals surface area contributed by atoms with Crippen molar-refractivity contribution in [2.24, 2.45) is 17.8 Å². The fourth-order valence-electron chi connectivity index (χ4n) is 7.86. The maximum absolute atomic E-state index is 9.93. The Bertz CT molecular complexity index is 1010. The number of anilines is 2. The van der Waals surface area contributed by atoms with Crippen molar-refractivity contribution in [3.8, 4) is 11.3 Å². The van der Waals surface area contributed by atoms with Gasteiger partial charge in [-0.15, -0.1) is 0 Å². The van der Waals surface area contributed by atoms with Crippen LogP contribution in [0.25, 0.3) is 11.3 Å². The summed E-state index contributed by atoms with van der Waals surface area (Å²) in [6, 6.07) is 4.64. The first-order valence-corrected chi connectivity index (χ1v) is 14.8. The lowest BCUT2D eigenvalue weighted by atomic mass is 9.53. The first-order valence-electron chi connectivity index (χ1n) is 14.8. The average Bonchev–Trinajstić information content (AvgIpc) is 2.89. The fraction of sp³-hybridized carbons (Fsp3) is 0.700. The molecule has 0 spiro atoms. The molecule has 0 amide bonds. The molecule has 37 heavy (non-hydrogen) atoms. The number of aliphatic hydroxyl groups excluding tert-OH is 1. The number of unbranched alkanes of at least 4 members (excludes halogenated alkanes) is 1. The molecule has 0 saturated heterocycles. The van der Waals surface area contributed by atoms with Crippen molar-refractivity contribution in [3.05, 3.63) is 30.1 Å². The summed E-state index contributed by atoms with van der Waals surface area (Å²) < 4.78 is 0. The van der Waals surface area contributed by atoms with E-state index >= 15 is 0 Å². The van der Waals surface area contributed by atoms with E-state index in [9.17, 15) is 5.11 Å². The van der Waals surface area contributed by atoms with E-state index in [2.05, 4.69) is 40.0 Å². The van der Waals surface area contributed by atoms with Crippen LogP contribution >= 0.6 is 0 Å². The molecule has 0 atom stereocenters. The molecule has 7 heteroatoms. The van der Waals surface area contributed by atoms with Gasteiger partial charge in [0, 0.05) is 37.1 Å². The number of rotatable bonds is 10. The molecule has 5 aliphatic rings. The number of nitrogens with zero attached hydrogens (tertiary/aromatic N) is 3. The second kappa shape index (κ2) is 10.9. The topological polar surface area (TPSA) is 95.0 Å². The van der Waals surface area contributed by atoms with Crippen LogP contribution < -0.4 is 16.0 Å². The molecule has 200 valence electrons. The first kappa shape index (κ1) is 25.1. The minimum Gasteiger partial charge on any atom is -0.393 e. The molecule has 2 aromatic rings. The molecule has 7 rings (SSSR count). The minimum atomic E-state index is -0.171. The Balaban J connectivity index is 1.15. The van der Waals surface area contributed by atoms with Gasteiger partial charge < -0.3 is 21.1 Å². The Hall–Kier alpha value is -2.25. The molecular formula is C30H44N6O. The quantitative estimate of drug-likeness (QED) is 0.316. The van der Waals surface area contributed by atoms with Crippen LogP contribution in [0, 0.1) is 17.8 Å². The maximum Gasteiger partial charge on any atom is 0.224 e. The second-order valence-corrected chi connectivity index (χ2v) is 12.5. The number of hydrogen-bond acceptors (Lipinski definition) is 7. The van der Waals surface area contributed by atoms with Gasteiger partial charge in [0.2, 0.25) is 5.95 Å². The number of hydrogen-bond donors (Lipinski definition) is 4. The highest BCUT2D eigenvalue weighted by atomic mass is 16.3. The van der Waals surface area contributed by atoms with Gasteiger partial charge in [-0.3, -0.25) is 4.98 Å². The van der Waals surface area contributed by atoms with Crippen LogP contribution in [0.3, 0.4) is 0 Å². The molecule has 0 unspecified atom stereocenters. The molecule has 0 aromatic carbocycles. The van der Waals surface area contributed by atoms with Crippen LogP contribution in [-0.2, 0) is 6.54 Å². The van der Waals surface area contributed by atoms with Crippen LogP contribution in [0.1, 0.15) is 89.5 Å². The van der Waals surface area contributed by atoms with Crippen molar-refractivity contribution in [2.45, 2.75) is 108 Å².